The molecule has 1 heterocycles. The molecule has 0 aromatic carbocycles. The Morgan fingerprint density at radius 3 is 1.88 bits per heavy atom. The largest absolute Gasteiger partial charge is 0.464 e. The molecule has 0 aliphatic carbocycles. The van der Waals surface area contributed by atoms with Gasteiger partial charge in [-0.1, -0.05) is 17.2 Å². The lowest BCUT2D eigenvalue weighted by molar-refractivity contribution is -0.163. The lowest BCUT2D eigenvalue weighted by Gasteiger charge is -2.13. The predicted octanol–water partition coefficient (Wildman–Crippen LogP) is 2.92. The zero-order chi connectivity index (χ0) is 18.1. The highest BCUT2D eigenvalue weighted by atomic mass is 16.8. The number of hydrogen-bond donors (Lipinski definition) is 0. The summed E-state index contributed by atoms with van der Waals surface area (Å²) in [4.78, 5) is 24.0. The summed E-state index contributed by atoms with van der Waals surface area (Å²) in [7, 11) is 0. The van der Waals surface area contributed by atoms with Gasteiger partial charge < -0.3 is 18.9 Å². The molecule has 136 valence electrons. The first-order valence-electron chi connectivity index (χ1n) is 8.33. The monoisotopic (exact) mass is 340 g/mol. The first-order chi connectivity index (χ1) is 11.4. The van der Waals surface area contributed by atoms with E-state index in [4.69, 9.17) is 18.9 Å². The molecule has 0 spiro atoms. The minimum atomic E-state index is -1.10. The molecule has 1 aliphatic heterocycles. The van der Waals surface area contributed by atoms with Crippen LogP contribution in [0.3, 0.4) is 0 Å². The van der Waals surface area contributed by atoms with Crippen molar-refractivity contribution in [2.24, 2.45) is 0 Å². The molecule has 0 saturated carbocycles. The van der Waals surface area contributed by atoms with Crippen molar-refractivity contribution < 1.29 is 28.5 Å². The molecule has 1 saturated heterocycles. The van der Waals surface area contributed by atoms with Crippen molar-refractivity contribution in [2.75, 3.05) is 13.2 Å². The Labute approximate surface area is 143 Å². The van der Waals surface area contributed by atoms with E-state index in [1.807, 2.05) is 6.92 Å². The van der Waals surface area contributed by atoms with E-state index in [0.717, 1.165) is 18.4 Å². The van der Waals surface area contributed by atoms with E-state index < -0.39 is 30.4 Å². The number of ether oxygens (including phenoxy) is 4. The van der Waals surface area contributed by atoms with Crippen molar-refractivity contribution in [1.29, 1.82) is 0 Å². The fourth-order valence-corrected chi connectivity index (χ4v) is 2.25. The maximum atomic E-state index is 12.0. The quantitative estimate of drug-likeness (QED) is 0.500. The highest BCUT2D eigenvalue weighted by molar-refractivity contribution is 5.86. The molecule has 24 heavy (non-hydrogen) atoms. The van der Waals surface area contributed by atoms with E-state index in [1.54, 1.807) is 19.9 Å². The Hall–Kier alpha value is -1.66. The molecule has 0 bridgehead atoms. The van der Waals surface area contributed by atoms with Crippen LogP contribution in [-0.4, -0.2) is 43.7 Å². The van der Waals surface area contributed by atoms with Crippen LogP contribution in [0.25, 0.3) is 0 Å². The van der Waals surface area contributed by atoms with Gasteiger partial charge in [0.1, 0.15) is 0 Å². The Morgan fingerprint density at radius 1 is 0.958 bits per heavy atom. The van der Waals surface area contributed by atoms with E-state index in [-0.39, 0.29) is 13.2 Å². The van der Waals surface area contributed by atoms with Crippen LogP contribution in [0.1, 0.15) is 47.5 Å². The van der Waals surface area contributed by atoms with Crippen LogP contribution < -0.4 is 0 Å². The smallest absolute Gasteiger partial charge is 0.338 e. The Bertz CT molecular complexity index is 464. The number of hydrogen-bond acceptors (Lipinski definition) is 6. The van der Waals surface area contributed by atoms with Gasteiger partial charge in [0.15, 0.2) is 18.5 Å². The Morgan fingerprint density at radius 2 is 1.46 bits per heavy atom. The van der Waals surface area contributed by atoms with Crippen LogP contribution in [-0.2, 0) is 28.5 Å². The molecule has 0 aromatic rings. The fourth-order valence-electron chi connectivity index (χ4n) is 2.25. The van der Waals surface area contributed by atoms with E-state index >= 15 is 0 Å². The summed E-state index contributed by atoms with van der Waals surface area (Å²) in [5.41, 5.74) is 2.32. The van der Waals surface area contributed by atoms with Crippen molar-refractivity contribution in [3.8, 4) is 0 Å². The zero-order valence-corrected chi connectivity index (χ0v) is 15.2. The normalized spacial score (nSPS) is 23.7. The highest BCUT2D eigenvalue weighted by Crippen LogP contribution is 2.24. The van der Waals surface area contributed by atoms with Crippen molar-refractivity contribution in [2.45, 2.75) is 66.0 Å². The minimum absolute atomic E-state index is 0.205. The van der Waals surface area contributed by atoms with Gasteiger partial charge in [0.05, 0.1) is 13.2 Å². The molecular formula is C18H28O6. The van der Waals surface area contributed by atoms with Crippen molar-refractivity contribution in [3.05, 3.63) is 23.3 Å². The van der Waals surface area contributed by atoms with Gasteiger partial charge in [-0.2, -0.15) is 0 Å². The summed E-state index contributed by atoms with van der Waals surface area (Å²) < 4.78 is 21.0. The number of carbonyl (C=O) groups is 2. The first-order valence-corrected chi connectivity index (χ1v) is 8.33. The molecule has 2 atom stereocenters. The van der Waals surface area contributed by atoms with Crippen LogP contribution in [0.5, 0.6) is 0 Å². The SMILES string of the molecule is CCOC(=O)C1OC(C=C(C)CCC=C(C)C)OC1C(=O)OCC. The summed E-state index contributed by atoms with van der Waals surface area (Å²) in [5.74, 6) is -1.23. The molecule has 0 radical (unpaired) electrons. The molecule has 6 heteroatoms. The van der Waals surface area contributed by atoms with Crippen LogP contribution in [0, 0.1) is 0 Å². The molecule has 6 nitrogen and oxygen atoms in total. The Kier molecular flexibility index (Phi) is 8.71. The summed E-state index contributed by atoms with van der Waals surface area (Å²) in [6, 6.07) is 0. The number of esters is 2. The van der Waals surface area contributed by atoms with Gasteiger partial charge in [0.25, 0.3) is 0 Å². The van der Waals surface area contributed by atoms with Crippen molar-refractivity contribution in [3.63, 3.8) is 0 Å². The minimum Gasteiger partial charge on any atom is -0.464 e. The van der Waals surface area contributed by atoms with Crippen molar-refractivity contribution in [1.82, 2.24) is 0 Å². The van der Waals surface area contributed by atoms with E-state index in [2.05, 4.69) is 19.9 Å². The third-order valence-corrected chi connectivity index (χ3v) is 3.39. The average Bonchev–Trinajstić information content (AvgIpc) is 2.91. The van der Waals surface area contributed by atoms with Crippen molar-refractivity contribution >= 4 is 11.9 Å². The van der Waals surface area contributed by atoms with Gasteiger partial charge in [-0.3, -0.25) is 0 Å². The number of carbonyl (C=O) groups excluding carboxylic acids is 2. The van der Waals surface area contributed by atoms with Gasteiger partial charge >= 0.3 is 11.9 Å². The second kappa shape index (κ2) is 10.3. The zero-order valence-electron chi connectivity index (χ0n) is 15.2. The Balaban J connectivity index is 2.75. The number of rotatable bonds is 8. The first kappa shape index (κ1) is 20.4. The van der Waals surface area contributed by atoms with Crippen LogP contribution >= 0.6 is 0 Å². The van der Waals surface area contributed by atoms with Gasteiger partial charge in [-0.15, -0.1) is 0 Å². The maximum Gasteiger partial charge on any atom is 0.338 e. The number of allylic oxidation sites excluding steroid dienone is 3. The van der Waals surface area contributed by atoms with Gasteiger partial charge in [0, 0.05) is 0 Å². The summed E-state index contributed by atoms with van der Waals surface area (Å²) >= 11 is 0. The summed E-state index contributed by atoms with van der Waals surface area (Å²) in [6.07, 6.45) is 2.73. The van der Waals surface area contributed by atoms with E-state index in [9.17, 15) is 9.59 Å². The molecule has 1 aliphatic rings. The van der Waals surface area contributed by atoms with Crippen LogP contribution in [0.4, 0.5) is 0 Å². The second-order valence-electron chi connectivity index (χ2n) is 5.82. The van der Waals surface area contributed by atoms with Crippen LogP contribution in [0.2, 0.25) is 0 Å². The average molecular weight is 340 g/mol. The topological polar surface area (TPSA) is 71.1 Å². The van der Waals surface area contributed by atoms with E-state index in [1.165, 1.54) is 5.57 Å². The summed E-state index contributed by atoms with van der Waals surface area (Å²) in [6.45, 7) is 9.86. The molecule has 0 aromatic heterocycles. The molecule has 2 unspecified atom stereocenters. The maximum absolute atomic E-state index is 12.0. The summed E-state index contributed by atoms with van der Waals surface area (Å²) in [5, 5.41) is 0. The lowest BCUT2D eigenvalue weighted by Crippen LogP contribution is -2.39. The molecule has 0 amide bonds. The van der Waals surface area contributed by atoms with Crippen LogP contribution in [0.15, 0.2) is 23.3 Å². The van der Waals surface area contributed by atoms with Gasteiger partial charge in [-0.25, -0.2) is 9.59 Å². The highest BCUT2D eigenvalue weighted by Gasteiger charge is 2.46. The molecular weight excluding hydrogens is 312 g/mol. The molecule has 0 N–H and O–H groups in total. The van der Waals surface area contributed by atoms with Gasteiger partial charge in [-0.05, 0) is 53.5 Å². The predicted molar refractivity (Wildman–Crippen MR) is 89.2 cm³/mol. The molecule has 1 fully saturated rings. The third kappa shape index (κ3) is 6.45. The second-order valence-corrected chi connectivity index (χ2v) is 5.82. The lowest BCUT2D eigenvalue weighted by atomic mass is 10.1. The fraction of sp³-hybridized carbons (Fsp3) is 0.667. The molecule has 1 rings (SSSR count). The standard InChI is InChI=1S/C18H28O6/c1-6-21-17(19)15-16(18(20)22-7-2)24-14(23-15)11-13(5)10-8-9-12(3)4/h9,11,14-16H,6-8,10H2,1-5H3. The third-order valence-electron chi connectivity index (χ3n) is 3.39. The van der Waals surface area contributed by atoms with Gasteiger partial charge in [0.2, 0.25) is 0 Å². The van der Waals surface area contributed by atoms with E-state index in [0.29, 0.717) is 0 Å².